The Labute approximate surface area is 104 Å². The Kier molecular flexibility index (Phi) is 3.82. The van der Waals surface area contributed by atoms with Crippen molar-refractivity contribution in [3.05, 3.63) is 16.1 Å². The van der Waals surface area contributed by atoms with Gasteiger partial charge in [0.25, 0.3) is 5.91 Å². The first-order valence-corrected chi connectivity index (χ1v) is 6.89. The molecule has 1 fully saturated rings. The van der Waals surface area contributed by atoms with Crippen molar-refractivity contribution in [1.29, 1.82) is 0 Å². The quantitative estimate of drug-likeness (QED) is 0.764. The number of aromatic nitrogens is 1. The van der Waals surface area contributed by atoms with E-state index in [4.69, 9.17) is 11.6 Å². The van der Waals surface area contributed by atoms with Gasteiger partial charge < -0.3 is 4.90 Å². The predicted octanol–water partition coefficient (Wildman–Crippen LogP) is 2.54. The highest BCUT2D eigenvalue weighted by molar-refractivity contribution is 7.09. The molecular formula is C11H15ClN2OS. The van der Waals surface area contributed by atoms with E-state index in [2.05, 4.69) is 4.98 Å². The summed E-state index contributed by atoms with van der Waals surface area (Å²) in [5.41, 5.74) is 0.590. The summed E-state index contributed by atoms with van der Waals surface area (Å²) in [5, 5.41) is 2.78. The molecule has 0 saturated carbocycles. The highest BCUT2D eigenvalue weighted by Gasteiger charge is 2.24. The van der Waals surface area contributed by atoms with E-state index in [1.54, 1.807) is 0 Å². The van der Waals surface area contributed by atoms with Gasteiger partial charge in [0, 0.05) is 24.3 Å². The average Bonchev–Trinajstić information content (AvgIpc) is 2.75. The third-order valence-corrected chi connectivity index (χ3v) is 4.17. The largest absolute Gasteiger partial charge is 0.337 e. The summed E-state index contributed by atoms with van der Waals surface area (Å²) in [6.07, 6.45) is 2.02. The SMILES string of the molecule is Cc1nc(C(=O)N2CCC(CCl)CC2)cs1. The van der Waals surface area contributed by atoms with E-state index >= 15 is 0 Å². The summed E-state index contributed by atoms with van der Waals surface area (Å²) in [6.45, 7) is 3.54. The summed E-state index contributed by atoms with van der Waals surface area (Å²) in [4.78, 5) is 18.2. The van der Waals surface area contributed by atoms with Crippen LogP contribution in [0, 0.1) is 12.8 Å². The smallest absolute Gasteiger partial charge is 0.273 e. The highest BCUT2D eigenvalue weighted by Crippen LogP contribution is 2.20. The molecule has 0 radical (unpaired) electrons. The number of hydrogen-bond donors (Lipinski definition) is 0. The summed E-state index contributed by atoms with van der Waals surface area (Å²) in [5.74, 6) is 1.35. The average molecular weight is 259 g/mol. The normalized spacial score (nSPS) is 17.8. The van der Waals surface area contributed by atoms with Crippen molar-refractivity contribution >= 4 is 28.8 Å². The molecule has 1 amide bonds. The third-order valence-electron chi connectivity index (χ3n) is 2.96. The minimum Gasteiger partial charge on any atom is -0.337 e. The molecule has 1 aromatic rings. The molecule has 2 rings (SSSR count). The van der Waals surface area contributed by atoms with Crippen LogP contribution in [0.2, 0.25) is 0 Å². The molecule has 0 aliphatic carbocycles. The zero-order valence-electron chi connectivity index (χ0n) is 9.28. The molecule has 1 aliphatic heterocycles. The van der Waals surface area contributed by atoms with Crippen molar-refractivity contribution in [3.63, 3.8) is 0 Å². The zero-order chi connectivity index (χ0) is 11.5. The number of piperidine rings is 1. The Morgan fingerprint density at radius 3 is 2.81 bits per heavy atom. The second-order valence-corrected chi connectivity index (χ2v) is 5.51. The molecule has 88 valence electrons. The first-order valence-electron chi connectivity index (χ1n) is 5.48. The number of carbonyl (C=O) groups excluding carboxylic acids is 1. The molecule has 5 heteroatoms. The molecule has 1 aliphatic rings. The van der Waals surface area contributed by atoms with E-state index < -0.39 is 0 Å². The Hall–Kier alpha value is -0.610. The lowest BCUT2D eigenvalue weighted by Gasteiger charge is -2.30. The Morgan fingerprint density at radius 1 is 1.62 bits per heavy atom. The molecular weight excluding hydrogens is 244 g/mol. The summed E-state index contributed by atoms with van der Waals surface area (Å²) in [7, 11) is 0. The zero-order valence-corrected chi connectivity index (χ0v) is 10.9. The van der Waals surface area contributed by atoms with Crippen LogP contribution in [0.1, 0.15) is 28.3 Å². The van der Waals surface area contributed by atoms with Gasteiger partial charge in [-0.05, 0) is 25.7 Å². The minimum absolute atomic E-state index is 0.0670. The van der Waals surface area contributed by atoms with Crippen LogP contribution >= 0.6 is 22.9 Å². The summed E-state index contributed by atoms with van der Waals surface area (Å²) in [6, 6.07) is 0. The van der Waals surface area contributed by atoms with Gasteiger partial charge in [-0.3, -0.25) is 4.79 Å². The first kappa shape index (κ1) is 11.9. The van der Waals surface area contributed by atoms with Gasteiger partial charge in [-0.25, -0.2) is 4.98 Å². The monoisotopic (exact) mass is 258 g/mol. The lowest BCUT2D eigenvalue weighted by atomic mass is 9.99. The van der Waals surface area contributed by atoms with E-state index in [1.165, 1.54) is 11.3 Å². The van der Waals surface area contributed by atoms with E-state index in [0.29, 0.717) is 17.5 Å². The number of amides is 1. The fourth-order valence-electron chi connectivity index (χ4n) is 1.91. The summed E-state index contributed by atoms with van der Waals surface area (Å²) < 4.78 is 0. The van der Waals surface area contributed by atoms with Crippen molar-refractivity contribution < 1.29 is 4.79 Å². The molecule has 0 atom stereocenters. The van der Waals surface area contributed by atoms with E-state index in [1.807, 2.05) is 17.2 Å². The van der Waals surface area contributed by atoms with Crippen molar-refractivity contribution in [2.24, 2.45) is 5.92 Å². The van der Waals surface area contributed by atoms with Gasteiger partial charge in [-0.2, -0.15) is 0 Å². The Balaban J connectivity index is 1.96. The van der Waals surface area contributed by atoms with Crippen LogP contribution < -0.4 is 0 Å². The number of nitrogens with zero attached hydrogens (tertiary/aromatic N) is 2. The fraction of sp³-hybridized carbons (Fsp3) is 0.636. The van der Waals surface area contributed by atoms with Gasteiger partial charge >= 0.3 is 0 Å². The maximum Gasteiger partial charge on any atom is 0.273 e. The number of rotatable bonds is 2. The Morgan fingerprint density at radius 2 is 2.31 bits per heavy atom. The van der Waals surface area contributed by atoms with E-state index in [9.17, 15) is 4.79 Å². The number of carbonyl (C=O) groups is 1. The number of aryl methyl sites for hydroxylation is 1. The van der Waals surface area contributed by atoms with Crippen LogP contribution in [-0.2, 0) is 0 Å². The predicted molar refractivity (Wildman–Crippen MR) is 66.2 cm³/mol. The Bertz CT molecular complexity index is 372. The molecule has 0 aromatic carbocycles. The number of thiazole rings is 1. The van der Waals surface area contributed by atoms with Crippen molar-refractivity contribution in [2.75, 3.05) is 19.0 Å². The summed E-state index contributed by atoms with van der Waals surface area (Å²) >= 11 is 7.34. The van der Waals surface area contributed by atoms with Crippen LogP contribution in [0.3, 0.4) is 0 Å². The highest BCUT2D eigenvalue weighted by atomic mass is 35.5. The lowest BCUT2D eigenvalue weighted by Crippen LogP contribution is -2.39. The van der Waals surface area contributed by atoms with Crippen molar-refractivity contribution in [1.82, 2.24) is 9.88 Å². The number of halogens is 1. The van der Waals surface area contributed by atoms with Crippen molar-refractivity contribution in [3.8, 4) is 0 Å². The molecule has 16 heavy (non-hydrogen) atoms. The van der Waals surface area contributed by atoms with Crippen LogP contribution in [0.15, 0.2) is 5.38 Å². The topological polar surface area (TPSA) is 33.2 Å². The second kappa shape index (κ2) is 5.15. The number of alkyl halides is 1. The number of hydrogen-bond acceptors (Lipinski definition) is 3. The van der Waals surface area contributed by atoms with E-state index in [0.717, 1.165) is 30.9 Å². The molecule has 3 nitrogen and oxygen atoms in total. The fourth-order valence-corrected chi connectivity index (χ4v) is 2.81. The minimum atomic E-state index is 0.0670. The van der Waals surface area contributed by atoms with Gasteiger partial charge in [-0.1, -0.05) is 0 Å². The molecule has 0 bridgehead atoms. The maximum atomic E-state index is 12.0. The van der Waals surface area contributed by atoms with Gasteiger partial charge in [0.15, 0.2) is 0 Å². The van der Waals surface area contributed by atoms with Crippen LogP contribution in [-0.4, -0.2) is 34.8 Å². The first-order chi connectivity index (χ1) is 7.70. The molecule has 2 heterocycles. The van der Waals surface area contributed by atoms with Gasteiger partial charge in [0.05, 0.1) is 5.01 Å². The van der Waals surface area contributed by atoms with Gasteiger partial charge in [-0.15, -0.1) is 22.9 Å². The molecule has 0 spiro atoms. The van der Waals surface area contributed by atoms with Crippen LogP contribution in [0.5, 0.6) is 0 Å². The maximum absolute atomic E-state index is 12.0. The van der Waals surface area contributed by atoms with Crippen LogP contribution in [0.25, 0.3) is 0 Å². The molecule has 0 unspecified atom stereocenters. The van der Waals surface area contributed by atoms with E-state index in [-0.39, 0.29) is 5.91 Å². The van der Waals surface area contributed by atoms with Gasteiger partial charge in [0.2, 0.25) is 0 Å². The van der Waals surface area contributed by atoms with Crippen molar-refractivity contribution in [2.45, 2.75) is 19.8 Å². The standard InChI is InChI=1S/C11H15ClN2OS/c1-8-13-10(7-16-8)11(15)14-4-2-9(6-12)3-5-14/h7,9H,2-6H2,1H3. The van der Waals surface area contributed by atoms with Gasteiger partial charge in [0.1, 0.15) is 5.69 Å². The molecule has 1 aromatic heterocycles. The third kappa shape index (κ3) is 2.55. The number of likely N-dealkylation sites (tertiary alicyclic amines) is 1. The second-order valence-electron chi connectivity index (χ2n) is 4.14. The molecule has 1 saturated heterocycles. The lowest BCUT2D eigenvalue weighted by molar-refractivity contribution is 0.0693. The van der Waals surface area contributed by atoms with Crippen LogP contribution in [0.4, 0.5) is 0 Å². The molecule has 0 N–H and O–H groups in total.